The molecule has 0 amide bonds. The maximum absolute atomic E-state index is 8.96. The molecule has 1 aromatic heterocycles. The molecule has 82 valence electrons. The zero-order valence-corrected chi connectivity index (χ0v) is 9.78. The fraction of sp³-hybridized carbons (Fsp3) is 0.636. The zero-order chi connectivity index (χ0) is 11.6. The smallest absolute Gasteiger partial charge is 0.145 e. The highest BCUT2D eigenvalue weighted by Crippen LogP contribution is 2.27. The minimum atomic E-state index is -0.327. The number of aryl methyl sites for hydroxylation is 1. The minimum Gasteiger partial charge on any atom is -0.382 e. The van der Waals surface area contributed by atoms with Gasteiger partial charge in [-0.15, -0.1) is 0 Å². The van der Waals surface area contributed by atoms with E-state index in [4.69, 9.17) is 11.0 Å². The second-order valence-corrected chi connectivity index (χ2v) is 4.70. The van der Waals surface area contributed by atoms with E-state index in [1.54, 1.807) is 0 Å². The molecule has 1 atom stereocenters. The molecule has 0 spiro atoms. The van der Waals surface area contributed by atoms with Crippen LogP contribution in [0.4, 0.5) is 5.82 Å². The van der Waals surface area contributed by atoms with Crippen molar-refractivity contribution < 1.29 is 0 Å². The van der Waals surface area contributed by atoms with Crippen LogP contribution in [0.1, 0.15) is 38.9 Å². The number of nitrogens with two attached hydrogens (primary N) is 1. The first-order chi connectivity index (χ1) is 6.85. The molecule has 0 bridgehead atoms. The third-order valence-corrected chi connectivity index (χ3v) is 2.47. The number of anilines is 1. The number of hydrogen-bond donors (Lipinski definition) is 1. The van der Waals surface area contributed by atoms with Gasteiger partial charge in [0.1, 0.15) is 5.82 Å². The van der Waals surface area contributed by atoms with E-state index in [0.717, 1.165) is 12.1 Å². The van der Waals surface area contributed by atoms with Crippen molar-refractivity contribution in [1.29, 1.82) is 5.26 Å². The topological polar surface area (TPSA) is 67.6 Å². The van der Waals surface area contributed by atoms with Crippen molar-refractivity contribution in [2.75, 3.05) is 5.73 Å². The Bertz CT molecular complexity index is 384. The molecule has 0 aliphatic carbocycles. The highest BCUT2D eigenvalue weighted by molar-refractivity contribution is 5.29. The van der Waals surface area contributed by atoms with Gasteiger partial charge in [-0.1, -0.05) is 0 Å². The van der Waals surface area contributed by atoms with Crippen molar-refractivity contribution in [3.63, 3.8) is 0 Å². The number of hydrogen-bond acceptors (Lipinski definition) is 3. The number of nitrogen functional groups attached to an aromatic ring is 1. The first kappa shape index (κ1) is 11.6. The van der Waals surface area contributed by atoms with E-state index < -0.39 is 0 Å². The van der Waals surface area contributed by atoms with E-state index in [0.29, 0.717) is 5.82 Å². The Labute approximate surface area is 90.7 Å². The molecule has 4 nitrogen and oxygen atoms in total. The van der Waals surface area contributed by atoms with Crippen LogP contribution in [0.25, 0.3) is 0 Å². The van der Waals surface area contributed by atoms with Gasteiger partial charge in [0.05, 0.1) is 17.5 Å². The van der Waals surface area contributed by atoms with Crippen LogP contribution < -0.4 is 5.73 Å². The van der Waals surface area contributed by atoms with Crippen LogP contribution in [0.5, 0.6) is 0 Å². The Hall–Kier alpha value is -1.50. The highest BCUT2D eigenvalue weighted by atomic mass is 15.3. The molecule has 15 heavy (non-hydrogen) atoms. The summed E-state index contributed by atoms with van der Waals surface area (Å²) >= 11 is 0. The summed E-state index contributed by atoms with van der Waals surface area (Å²) in [7, 11) is 0. The lowest BCUT2D eigenvalue weighted by Crippen LogP contribution is -2.18. The maximum atomic E-state index is 8.96. The molecule has 2 N–H and O–H groups in total. The highest BCUT2D eigenvalue weighted by Gasteiger charge is 2.22. The molecular formula is C11H18N4. The number of rotatable bonds is 3. The second kappa shape index (κ2) is 3.93. The summed E-state index contributed by atoms with van der Waals surface area (Å²) in [5, 5.41) is 13.2. The van der Waals surface area contributed by atoms with E-state index in [9.17, 15) is 0 Å². The number of nitrogens with zero attached hydrogens (tertiary/aromatic N) is 3. The summed E-state index contributed by atoms with van der Waals surface area (Å²) in [6.07, 6.45) is 0.769. The lowest BCUT2D eigenvalue weighted by atomic mass is 9.88. The quantitative estimate of drug-likeness (QED) is 0.824. The minimum absolute atomic E-state index is 0.192. The van der Waals surface area contributed by atoms with Crippen LogP contribution in [-0.4, -0.2) is 9.78 Å². The normalized spacial score (nSPS) is 13.5. The molecule has 4 heteroatoms. The predicted molar refractivity (Wildman–Crippen MR) is 60.1 cm³/mol. The third kappa shape index (κ3) is 2.72. The predicted octanol–water partition coefficient (Wildman–Crippen LogP) is 2.27. The molecule has 0 aromatic carbocycles. The average molecular weight is 206 g/mol. The first-order valence-electron chi connectivity index (χ1n) is 5.08. The van der Waals surface area contributed by atoms with Crippen molar-refractivity contribution in [3.8, 4) is 6.07 Å². The van der Waals surface area contributed by atoms with Crippen molar-refractivity contribution in [2.24, 2.45) is 5.41 Å². The Morgan fingerprint density at radius 2 is 2.27 bits per heavy atom. The largest absolute Gasteiger partial charge is 0.382 e. The Morgan fingerprint density at radius 3 is 2.67 bits per heavy atom. The first-order valence-corrected chi connectivity index (χ1v) is 5.08. The van der Waals surface area contributed by atoms with Crippen LogP contribution in [0.15, 0.2) is 6.07 Å². The van der Waals surface area contributed by atoms with E-state index in [2.05, 4.69) is 18.1 Å². The van der Waals surface area contributed by atoms with Crippen molar-refractivity contribution in [3.05, 3.63) is 11.8 Å². The summed E-state index contributed by atoms with van der Waals surface area (Å²) in [6.45, 7) is 7.90. The third-order valence-electron chi connectivity index (χ3n) is 2.47. The molecule has 0 radical (unpaired) electrons. The van der Waals surface area contributed by atoms with Crippen molar-refractivity contribution in [2.45, 2.75) is 40.2 Å². The molecule has 0 aliphatic rings. The fourth-order valence-electron chi connectivity index (χ4n) is 1.83. The summed E-state index contributed by atoms with van der Waals surface area (Å²) in [5.41, 5.74) is 6.33. The summed E-state index contributed by atoms with van der Waals surface area (Å²) in [6, 6.07) is 4.33. The summed E-state index contributed by atoms with van der Waals surface area (Å²) < 4.78 is 1.88. The Balaban J connectivity index is 2.83. The summed E-state index contributed by atoms with van der Waals surface area (Å²) in [5.74, 6) is 0.536. The monoisotopic (exact) mass is 206 g/mol. The van der Waals surface area contributed by atoms with Gasteiger partial charge in [-0.2, -0.15) is 10.4 Å². The van der Waals surface area contributed by atoms with Gasteiger partial charge in [0, 0.05) is 11.8 Å². The van der Waals surface area contributed by atoms with E-state index in [1.165, 1.54) is 0 Å². The summed E-state index contributed by atoms with van der Waals surface area (Å²) in [4.78, 5) is 0. The van der Waals surface area contributed by atoms with Gasteiger partial charge in [0.25, 0.3) is 0 Å². The Morgan fingerprint density at radius 1 is 1.67 bits per heavy atom. The van der Waals surface area contributed by atoms with Gasteiger partial charge < -0.3 is 5.73 Å². The van der Waals surface area contributed by atoms with Gasteiger partial charge in [-0.25, -0.2) is 0 Å². The van der Waals surface area contributed by atoms with Crippen molar-refractivity contribution in [1.82, 2.24) is 9.78 Å². The second-order valence-electron chi connectivity index (χ2n) is 4.70. The van der Waals surface area contributed by atoms with Crippen LogP contribution in [0.3, 0.4) is 0 Å². The van der Waals surface area contributed by atoms with E-state index in [-0.39, 0.29) is 11.5 Å². The SMILES string of the molecule is Cc1cc(N)nn1C(C)CC(C)(C)C#N. The van der Waals surface area contributed by atoms with Gasteiger partial charge in [0.2, 0.25) is 0 Å². The molecule has 1 heterocycles. The molecule has 0 fully saturated rings. The van der Waals surface area contributed by atoms with Crippen molar-refractivity contribution >= 4 is 5.82 Å². The standard InChI is InChI=1S/C11H18N4/c1-8-5-10(13)14-15(8)9(2)6-11(3,4)7-12/h5,9H,6H2,1-4H3,(H2,13,14). The molecular weight excluding hydrogens is 188 g/mol. The van der Waals surface area contributed by atoms with Gasteiger partial charge in [-0.3, -0.25) is 4.68 Å². The molecule has 0 aliphatic heterocycles. The van der Waals surface area contributed by atoms with Crippen LogP contribution in [-0.2, 0) is 0 Å². The van der Waals surface area contributed by atoms with Crippen LogP contribution in [0.2, 0.25) is 0 Å². The average Bonchev–Trinajstić information content (AvgIpc) is 2.45. The lowest BCUT2D eigenvalue weighted by Gasteiger charge is -2.21. The molecule has 0 saturated carbocycles. The number of aromatic nitrogens is 2. The molecule has 0 saturated heterocycles. The maximum Gasteiger partial charge on any atom is 0.145 e. The van der Waals surface area contributed by atoms with Gasteiger partial charge >= 0.3 is 0 Å². The molecule has 1 aromatic rings. The van der Waals surface area contributed by atoms with E-state index in [1.807, 2.05) is 31.5 Å². The molecule has 1 unspecified atom stereocenters. The number of nitriles is 1. The van der Waals surface area contributed by atoms with Crippen LogP contribution >= 0.6 is 0 Å². The van der Waals surface area contributed by atoms with E-state index >= 15 is 0 Å². The van der Waals surface area contributed by atoms with Gasteiger partial charge in [-0.05, 0) is 34.1 Å². The Kier molecular flexibility index (Phi) is 3.04. The van der Waals surface area contributed by atoms with Gasteiger partial charge in [0.15, 0.2) is 0 Å². The molecule has 1 rings (SSSR count). The zero-order valence-electron chi connectivity index (χ0n) is 9.78. The van der Waals surface area contributed by atoms with Crippen LogP contribution in [0, 0.1) is 23.7 Å². The fourth-order valence-corrected chi connectivity index (χ4v) is 1.83. The lowest BCUT2D eigenvalue weighted by molar-refractivity contribution is 0.333.